The van der Waals surface area contributed by atoms with E-state index in [1.807, 2.05) is 24.0 Å². The van der Waals surface area contributed by atoms with E-state index in [2.05, 4.69) is 63.3 Å². The first-order valence-corrected chi connectivity index (χ1v) is 16.6. The number of methoxy groups -OCH3 is 1. The molecular formula is C36H43F2N5O4. The van der Waals surface area contributed by atoms with Gasteiger partial charge in [0.1, 0.15) is 5.82 Å². The summed E-state index contributed by atoms with van der Waals surface area (Å²) >= 11 is 0. The maximum atomic E-state index is 13.7. The minimum atomic E-state index is -2.63. The van der Waals surface area contributed by atoms with Crippen LogP contribution >= 0.6 is 0 Å². The summed E-state index contributed by atoms with van der Waals surface area (Å²) in [5.74, 6) is 1.53. The molecule has 250 valence electrons. The topological polar surface area (TPSA) is 80.3 Å². The van der Waals surface area contributed by atoms with Gasteiger partial charge >= 0.3 is 0 Å². The monoisotopic (exact) mass is 647 g/mol. The normalized spacial score (nSPS) is 23.0. The minimum Gasteiger partial charge on any atom is -0.481 e. The predicted molar refractivity (Wildman–Crippen MR) is 172 cm³/mol. The van der Waals surface area contributed by atoms with Crippen LogP contribution in [-0.4, -0.2) is 109 Å². The Morgan fingerprint density at radius 1 is 0.957 bits per heavy atom. The number of alkyl halides is 2. The van der Waals surface area contributed by atoms with Gasteiger partial charge in [0.05, 0.1) is 31.3 Å². The van der Waals surface area contributed by atoms with Gasteiger partial charge in [-0.25, -0.2) is 8.78 Å². The van der Waals surface area contributed by atoms with Crippen molar-refractivity contribution in [2.24, 2.45) is 5.41 Å². The largest absolute Gasteiger partial charge is 0.481 e. The summed E-state index contributed by atoms with van der Waals surface area (Å²) in [6, 6.07) is 21.3. The molecule has 9 nitrogen and oxygen atoms in total. The molecule has 1 aliphatic carbocycles. The molecule has 1 amide bonds. The van der Waals surface area contributed by atoms with Crippen LogP contribution in [-0.2, 0) is 16.1 Å². The van der Waals surface area contributed by atoms with Crippen LogP contribution in [0.15, 0.2) is 60.7 Å². The Labute approximate surface area is 274 Å². The fourth-order valence-electron chi connectivity index (χ4n) is 7.46. The molecule has 3 saturated heterocycles. The molecule has 0 spiro atoms. The number of hydrogen-bond donors (Lipinski definition) is 0. The Balaban J connectivity index is 1.24. The predicted octanol–water partition coefficient (Wildman–Crippen LogP) is 4.57. The van der Waals surface area contributed by atoms with Crippen LogP contribution in [0.25, 0.3) is 0 Å². The lowest BCUT2D eigenvalue weighted by atomic mass is 9.81. The van der Waals surface area contributed by atoms with Gasteiger partial charge in [-0.15, -0.1) is 0 Å². The van der Waals surface area contributed by atoms with Crippen molar-refractivity contribution in [2.45, 2.75) is 56.7 Å². The molecule has 0 unspecified atom stereocenters. The molecule has 0 bridgehead atoms. The highest BCUT2D eigenvalue weighted by Gasteiger charge is 2.48. The number of benzene rings is 2. The summed E-state index contributed by atoms with van der Waals surface area (Å²) in [5.41, 5.74) is 2.54. The summed E-state index contributed by atoms with van der Waals surface area (Å²) in [6.07, 6.45) is -0.710. The molecule has 0 radical (unpaired) electrons. The first kappa shape index (κ1) is 31.9. The number of aromatic nitrogens is 2. The molecule has 0 N–H and O–H groups in total. The molecule has 11 heteroatoms. The highest BCUT2D eigenvalue weighted by atomic mass is 19.3. The highest BCUT2D eigenvalue weighted by Crippen LogP contribution is 2.42. The third kappa shape index (κ3) is 6.71. The summed E-state index contributed by atoms with van der Waals surface area (Å²) in [6.45, 7) is 5.89. The first-order valence-electron chi connectivity index (χ1n) is 16.6. The summed E-state index contributed by atoms with van der Waals surface area (Å²) < 4.78 is 43.6. The number of carbonyl (C=O) groups excluding carboxylic acids is 1. The fraction of sp³-hybridized carbons (Fsp3) is 0.528. The van der Waals surface area contributed by atoms with Gasteiger partial charge in [0.25, 0.3) is 6.43 Å². The lowest BCUT2D eigenvalue weighted by molar-refractivity contribution is -0.173. The third-order valence-electron chi connectivity index (χ3n) is 10.0. The maximum Gasteiger partial charge on any atom is 0.272 e. The minimum absolute atomic E-state index is 0.0500. The van der Waals surface area contributed by atoms with Gasteiger partial charge in [0.2, 0.25) is 17.7 Å². The number of halogens is 2. The van der Waals surface area contributed by atoms with E-state index in [0.717, 1.165) is 19.4 Å². The van der Waals surface area contributed by atoms with Crippen LogP contribution in [0.5, 0.6) is 11.8 Å². The second-order valence-electron chi connectivity index (χ2n) is 13.6. The quantitative estimate of drug-likeness (QED) is 0.300. The van der Waals surface area contributed by atoms with E-state index in [1.165, 1.54) is 11.1 Å². The molecule has 47 heavy (non-hydrogen) atoms. The Hall–Kier alpha value is -3.67. The van der Waals surface area contributed by atoms with Crippen molar-refractivity contribution in [1.29, 1.82) is 0 Å². The number of hydrogen-bond acceptors (Lipinski definition) is 8. The standard InChI is InChI=1S/C36H43F2N5O4/c1-36(22-46-23-36)35(44)42-15-16-43-27(18-42)17-41(20-29(43)31(24-9-5-3-6-10-24)25-11-7-4-8-12-25)19-28-33(45-2)39-32(26-13-14-26)40-34(28)47-21-30(37)38/h3-12,26-27,29-31H,13-23H2,1-2H3/t27-,29+/m1/s1. The lowest BCUT2D eigenvalue weighted by Gasteiger charge is -2.54. The number of fused-ring (bicyclic) bond motifs is 1. The zero-order valence-corrected chi connectivity index (χ0v) is 27.1. The molecule has 3 aromatic rings. The Morgan fingerprint density at radius 2 is 1.62 bits per heavy atom. The van der Waals surface area contributed by atoms with Crippen molar-refractivity contribution >= 4 is 5.91 Å². The first-order chi connectivity index (χ1) is 22.8. The van der Waals surface area contributed by atoms with Crippen molar-refractivity contribution in [3.8, 4) is 11.8 Å². The molecule has 2 aromatic carbocycles. The molecule has 1 saturated carbocycles. The van der Waals surface area contributed by atoms with E-state index in [9.17, 15) is 13.6 Å². The molecule has 4 fully saturated rings. The SMILES string of the molecule is COc1nc(C2CC2)nc(OCC(F)F)c1CN1C[C@@H]2CN(C(=O)C3(C)COC3)CCN2[C@H](C(c2ccccc2)c2ccccc2)C1. The zero-order valence-electron chi connectivity index (χ0n) is 27.1. The number of ether oxygens (including phenoxy) is 3. The van der Waals surface area contributed by atoms with E-state index in [0.29, 0.717) is 63.2 Å². The third-order valence-corrected chi connectivity index (χ3v) is 10.0. The molecule has 7 rings (SSSR count). The summed E-state index contributed by atoms with van der Waals surface area (Å²) in [7, 11) is 1.55. The van der Waals surface area contributed by atoms with Gasteiger partial charge in [0, 0.05) is 63.2 Å². The Bertz CT molecular complexity index is 1500. The highest BCUT2D eigenvalue weighted by molar-refractivity contribution is 5.83. The van der Waals surface area contributed by atoms with Crippen molar-refractivity contribution in [3.05, 3.63) is 83.2 Å². The number of piperazine rings is 2. The number of nitrogens with zero attached hydrogens (tertiary/aromatic N) is 5. The van der Waals surface area contributed by atoms with E-state index in [4.69, 9.17) is 19.2 Å². The van der Waals surface area contributed by atoms with Gasteiger partial charge in [-0.1, -0.05) is 60.7 Å². The van der Waals surface area contributed by atoms with Gasteiger partial charge in [-0.2, -0.15) is 9.97 Å². The average molecular weight is 648 g/mol. The van der Waals surface area contributed by atoms with Crippen molar-refractivity contribution < 1.29 is 27.8 Å². The molecule has 1 aromatic heterocycles. The number of rotatable bonds is 11. The summed E-state index contributed by atoms with van der Waals surface area (Å²) in [5, 5.41) is 0. The average Bonchev–Trinajstić information content (AvgIpc) is 3.93. The van der Waals surface area contributed by atoms with Crippen molar-refractivity contribution in [3.63, 3.8) is 0 Å². The van der Waals surface area contributed by atoms with Crippen LogP contribution in [0.1, 0.15) is 54.1 Å². The molecule has 4 heterocycles. The van der Waals surface area contributed by atoms with Crippen molar-refractivity contribution in [1.82, 2.24) is 24.7 Å². The number of amides is 1. The van der Waals surface area contributed by atoms with E-state index in [1.54, 1.807) is 7.11 Å². The van der Waals surface area contributed by atoms with Crippen LogP contribution in [0.2, 0.25) is 0 Å². The molecular weight excluding hydrogens is 604 g/mol. The van der Waals surface area contributed by atoms with E-state index in [-0.39, 0.29) is 35.7 Å². The lowest BCUT2D eigenvalue weighted by Crippen LogP contribution is -2.68. The zero-order chi connectivity index (χ0) is 32.5. The van der Waals surface area contributed by atoms with Crippen LogP contribution in [0.3, 0.4) is 0 Å². The fourth-order valence-corrected chi connectivity index (χ4v) is 7.46. The molecule has 2 atom stereocenters. The second-order valence-corrected chi connectivity index (χ2v) is 13.6. The van der Waals surface area contributed by atoms with E-state index < -0.39 is 18.4 Å². The maximum absolute atomic E-state index is 13.7. The molecule has 4 aliphatic rings. The Kier molecular flexibility index (Phi) is 9.13. The van der Waals surface area contributed by atoms with Gasteiger partial charge < -0.3 is 19.1 Å². The van der Waals surface area contributed by atoms with Crippen LogP contribution in [0, 0.1) is 5.41 Å². The van der Waals surface area contributed by atoms with Crippen LogP contribution in [0.4, 0.5) is 8.78 Å². The second kappa shape index (κ2) is 13.4. The van der Waals surface area contributed by atoms with Gasteiger partial charge in [-0.05, 0) is 30.9 Å². The van der Waals surface area contributed by atoms with Crippen molar-refractivity contribution in [2.75, 3.05) is 59.7 Å². The Morgan fingerprint density at radius 3 is 2.19 bits per heavy atom. The molecule has 3 aliphatic heterocycles. The van der Waals surface area contributed by atoms with Crippen LogP contribution < -0.4 is 9.47 Å². The van der Waals surface area contributed by atoms with Gasteiger partial charge in [-0.3, -0.25) is 14.6 Å². The van der Waals surface area contributed by atoms with E-state index >= 15 is 0 Å². The van der Waals surface area contributed by atoms with Gasteiger partial charge in [0.15, 0.2) is 6.61 Å². The summed E-state index contributed by atoms with van der Waals surface area (Å²) in [4.78, 5) is 29.9. The number of carbonyl (C=O) groups is 1. The smallest absolute Gasteiger partial charge is 0.272 e.